The van der Waals surface area contributed by atoms with Crippen molar-refractivity contribution in [2.24, 2.45) is 34.5 Å². The summed E-state index contributed by atoms with van der Waals surface area (Å²) in [4.78, 5) is 57.2. The summed E-state index contributed by atoms with van der Waals surface area (Å²) in [6, 6.07) is 0. The van der Waals surface area contributed by atoms with Crippen molar-refractivity contribution in [2.75, 3.05) is 13.2 Å². The SMILES string of the molecule is CCOC(=O)C(C)C(C(=O)O)C(C)(C)CC1C(=O)N(CCCn2ccnc2)C(=O)C1C(C)(C)CC. The molecule has 0 bridgehead atoms. The molecule has 0 aliphatic carbocycles. The molecular weight excluding hydrogens is 450 g/mol. The number of amides is 2. The summed E-state index contributed by atoms with van der Waals surface area (Å²) in [6.45, 7) is 13.8. The Morgan fingerprint density at radius 1 is 1.14 bits per heavy atom. The molecule has 9 heteroatoms. The second-order valence-corrected chi connectivity index (χ2v) is 11.0. The number of carboxylic acids is 1. The van der Waals surface area contributed by atoms with Gasteiger partial charge in [0.05, 0.1) is 36.6 Å². The Labute approximate surface area is 208 Å². The van der Waals surface area contributed by atoms with Crippen LogP contribution in [0.3, 0.4) is 0 Å². The second-order valence-electron chi connectivity index (χ2n) is 11.0. The van der Waals surface area contributed by atoms with E-state index in [4.69, 9.17) is 4.74 Å². The van der Waals surface area contributed by atoms with Crippen LogP contribution in [0.4, 0.5) is 0 Å². The van der Waals surface area contributed by atoms with Gasteiger partial charge in [0, 0.05) is 25.5 Å². The summed E-state index contributed by atoms with van der Waals surface area (Å²) in [5.74, 6) is -5.31. The second kappa shape index (κ2) is 11.4. The predicted octanol–water partition coefficient (Wildman–Crippen LogP) is 3.63. The standard InChI is InChI=1S/C26H41N3O6/c1-8-25(4,5)20-18(15-26(6,7)19(23(32)33)17(3)24(34)35-9-2)21(30)29(22(20)31)13-10-12-28-14-11-27-16-28/h11,14,16-20H,8-10,12-13,15H2,1-7H3,(H,32,33). The van der Waals surface area contributed by atoms with Crippen LogP contribution in [0.2, 0.25) is 0 Å². The number of hydrogen-bond acceptors (Lipinski definition) is 6. The van der Waals surface area contributed by atoms with Crippen LogP contribution < -0.4 is 0 Å². The van der Waals surface area contributed by atoms with Gasteiger partial charge in [-0.05, 0) is 30.6 Å². The Morgan fingerprint density at radius 2 is 1.80 bits per heavy atom. The first-order chi connectivity index (χ1) is 16.3. The van der Waals surface area contributed by atoms with Crippen LogP contribution in [0, 0.1) is 34.5 Å². The molecule has 1 aromatic rings. The van der Waals surface area contributed by atoms with Gasteiger partial charge in [0.1, 0.15) is 0 Å². The smallest absolute Gasteiger partial charge is 0.309 e. The molecule has 0 aromatic carbocycles. The van der Waals surface area contributed by atoms with E-state index in [0.717, 1.165) is 0 Å². The van der Waals surface area contributed by atoms with Gasteiger partial charge in [0.2, 0.25) is 11.8 Å². The maximum absolute atomic E-state index is 13.6. The Bertz CT molecular complexity index is 908. The Hall–Kier alpha value is -2.71. The van der Waals surface area contributed by atoms with Crippen molar-refractivity contribution < 1.29 is 29.0 Å². The summed E-state index contributed by atoms with van der Waals surface area (Å²) in [6.07, 6.45) is 6.68. The highest BCUT2D eigenvalue weighted by molar-refractivity contribution is 6.05. The van der Waals surface area contributed by atoms with Crippen molar-refractivity contribution in [1.82, 2.24) is 14.5 Å². The Balaban J connectivity index is 2.32. The fraction of sp³-hybridized carbons (Fsp3) is 0.731. The number of hydrogen-bond donors (Lipinski definition) is 1. The highest BCUT2D eigenvalue weighted by atomic mass is 16.5. The third-order valence-corrected chi connectivity index (χ3v) is 7.64. The molecule has 196 valence electrons. The van der Waals surface area contributed by atoms with E-state index in [9.17, 15) is 24.3 Å². The summed E-state index contributed by atoms with van der Waals surface area (Å²) in [5.41, 5.74) is -1.38. The molecule has 1 fully saturated rings. The van der Waals surface area contributed by atoms with Gasteiger partial charge in [0.15, 0.2) is 0 Å². The number of carbonyl (C=O) groups excluding carboxylic acids is 3. The Kier molecular flexibility index (Phi) is 9.25. The van der Waals surface area contributed by atoms with Gasteiger partial charge in [-0.3, -0.25) is 24.1 Å². The quantitative estimate of drug-likeness (QED) is 0.331. The molecule has 1 aromatic heterocycles. The molecule has 2 heterocycles. The first-order valence-corrected chi connectivity index (χ1v) is 12.5. The zero-order valence-corrected chi connectivity index (χ0v) is 22.1. The fourth-order valence-corrected chi connectivity index (χ4v) is 5.47. The van der Waals surface area contributed by atoms with E-state index >= 15 is 0 Å². The lowest BCUT2D eigenvalue weighted by atomic mass is 9.63. The molecule has 35 heavy (non-hydrogen) atoms. The fourth-order valence-electron chi connectivity index (χ4n) is 5.47. The molecule has 1 saturated heterocycles. The molecule has 4 unspecified atom stereocenters. The number of aryl methyl sites for hydroxylation is 1. The van der Waals surface area contributed by atoms with Crippen LogP contribution in [-0.2, 0) is 30.5 Å². The summed E-state index contributed by atoms with van der Waals surface area (Å²) in [7, 11) is 0. The third kappa shape index (κ3) is 6.30. The van der Waals surface area contributed by atoms with Crippen molar-refractivity contribution in [3.63, 3.8) is 0 Å². The lowest BCUT2D eigenvalue weighted by Crippen LogP contribution is -2.43. The van der Waals surface area contributed by atoms with Gasteiger partial charge in [-0.1, -0.05) is 48.0 Å². The molecular formula is C26H41N3O6. The van der Waals surface area contributed by atoms with Crippen LogP contribution in [0.15, 0.2) is 18.7 Å². The number of carbonyl (C=O) groups is 4. The number of aromatic nitrogens is 2. The molecule has 4 atom stereocenters. The number of esters is 1. The molecule has 1 N–H and O–H groups in total. The monoisotopic (exact) mass is 491 g/mol. The zero-order chi connectivity index (χ0) is 26.6. The van der Waals surface area contributed by atoms with Crippen LogP contribution in [0.25, 0.3) is 0 Å². The number of imidazole rings is 1. The van der Waals surface area contributed by atoms with Crippen molar-refractivity contribution in [3.8, 4) is 0 Å². The van der Waals surface area contributed by atoms with Crippen LogP contribution in [-0.4, -0.2) is 56.5 Å². The molecule has 1 aliphatic heterocycles. The van der Waals surface area contributed by atoms with Crippen molar-refractivity contribution >= 4 is 23.8 Å². The highest BCUT2D eigenvalue weighted by Crippen LogP contribution is 2.49. The van der Waals surface area contributed by atoms with E-state index in [1.54, 1.807) is 40.2 Å². The summed E-state index contributed by atoms with van der Waals surface area (Å²) in [5, 5.41) is 10.0. The van der Waals surface area contributed by atoms with E-state index in [2.05, 4.69) is 4.98 Å². The van der Waals surface area contributed by atoms with E-state index < -0.39 is 46.4 Å². The molecule has 1 aliphatic rings. The Morgan fingerprint density at radius 3 is 2.31 bits per heavy atom. The number of nitrogens with zero attached hydrogens (tertiary/aromatic N) is 3. The average molecular weight is 492 g/mol. The van der Waals surface area contributed by atoms with E-state index in [1.165, 1.54) is 4.90 Å². The topological polar surface area (TPSA) is 119 Å². The van der Waals surface area contributed by atoms with Gasteiger partial charge in [0.25, 0.3) is 0 Å². The van der Waals surface area contributed by atoms with E-state index in [1.807, 2.05) is 31.5 Å². The molecule has 2 amide bonds. The lowest BCUT2D eigenvalue weighted by Gasteiger charge is -2.39. The minimum absolute atomic E-state index is 0.159. The lowest BCUT2D eigenvalue weighted by molar-refractivity contribution is -0.162. The minimum Gasteiger partial charge on any atom is -0.481 e. The predicted molar refractivity (Wildman–Crippen MR) is 130 cm³/mol. The molecule has 9 nitrogen and oxygen atoms in total. The van der Waals surface area contributed by atoms with Crippen LogP contribution in [0.5, 0.6) is 0 Å². The zero-order valence-electron chi connectivity index (χ0n) is 22.1. The van der Waals surface area contributed by atoms with Gasteiger partial charge in [-0.15, -0.1) is 0 Å². The highest BCUT2D eigenvalue weighted by Gasteiger charge is 2.56. The van der Waals surface area contributed by atoms with Crippen LogP contribution >= 0.6 is 0 Å². The van der Waals surface area contributed by atoms with E-state index in [-0.39, 0.29) is 24.8 Å². The number of aliphatic carboxylic acids is 1. The maximum Gasteiger partial charge on any atom is 0.309 e. The average Bonchev–Trinajstić information content (AvgIpc) is 3.35. The maximum atomic E-state index is 13.6. The van der Waals surface area contributed by atoms with Crippen LogP contribution in [0.1, 0.15) is 67.7 Å². The number of carboxylic acid groups (broad SMARTS) is 1. The van der Waals surface area contributed by atoms with Crippen molar-refractivity contribution in [2.45, 2.75) is 74.3 Å². The first-order valence-electron chi connectivity index (χ1n) is 12.5. The molecule has 0 saturated carbocycles. The summed E-state index contributed by atoms with van der Waals surface area (Å²) < 4.78 is 6.98. The number of ether oxygens (including phenoxy) is 1. The summed E-state index contributed by atoms with van der Waals surface area (Å²) >= 11 is 0. The number of rotatable bonds is 13. The van der Waals surface area contributed by atoms with E-state index in [0.29, 0.717) is 25.9 Å². The minimum atomic E-state index is -1.11. The number of imide groups is 1. The molecule has 2 rings (SSSR count). The van der Waals surface area contributed by atoms with Crippen molar-refractivity contribution in [3.05, 3.63) is 18.7 Å². The molecule has 0 spiro atoms. The first kappa shape index (κ1) is 28.5. The normalized spacial score (nSPS) is 20.7. The van der Waals surface area contributed by atoms with Crippen molar-refractivity contribution in [1.29, 1.82) is 0 Å². The molecule has 0 radical (unpaired) electrons. The van der Waals surface area contributed by atoms with Gasteiger partial charge < -0.3 is 14.4 Å². The largest absolute Gasteiger partial charge is 0.481 e. The van der Waals surface area contributed by atoms with Gasteiger partial charge >= 0.3 is 11.9 Å². The third-order valence-electron chi connectivity index (χ3n) is 7.64. The van der Waals surface area contributed by atoms with Gasteiger partial charge in [-0.25, -0.2) is 4.98 Å². The number of likely N-dealkylation sites (tertiary alicyclic amines) is 1. The van der Waals surface area contributed by atoms with Gasteiger partial charge in [-0.2, -0.15) is 0 Å².